The zero-order chi connectivity index (χ0) is 26.7. The van der Waals surface area contributed by atoms with Crippen LogP contribution in [0, 0.1) is 0 Å². The quantitative estimate of drug-likeness (QED) is 0.469. The Hall–Kier alpha value is -2.83. The number of sulfone groups is 1. The van der Waals surface area contributed by atoms with Gasteiger partial charge in [0.05, 0.1) is 16.2 Å². The maximum Gasteiger partial charge on any atom is 0.416 e. The van der Waals surface area contributed by atoms with Gasteiger partial charge in [-0.05, 0) is 47.9 Å². The summed E-state index contributed by atoms with van der Waals surface area (Å²) in [5.74, 6) is -0.957. The van der Waals surface area contributed by atoms with Crippen molar-refractivity contribution in [3.8, 4) is 0 Å². The minimum Gasteiger partial charge on any atom is -0.352 e. The highest BCUT2D eigenvalue weighted by Gasteiger charge is 2.35. The molecule has 1 aliphatic rings. The number of rotatable bonds is 8. The van der Waals surface area contributed by atoms with E-state index in [9.17, 15) is 31.2 Å². The summed E-state index contributed by atoms with van der Waals surface area (Å²) in [6.07, 6.45) is -4.14. The van der Waals surface area contributed by atoms with Crippen molar-refractivity contribution in [2.24, 2.45) is 5.73 Å². The Labute approximate surface area is 211 Å². The van der Waals surface area contributed by atoms with E-state index in [0.29, 0.717) is 19.5 Å². The van der Waals surface area contributed by atoms with Crippen LogP contribution in [0.5, 0.6) is 0 Å². The van der Waals surface area contributed by atoms with Gasteiger partial charge in [0.25, 0.3) is 5.91 Å². The fourth-order valence-electron chi connectivity index (χ4n) is 4.08. The summed E-state index contributed by atoms with van der Waals surface area (Å²) >= 11 is 5.97. The van der Waals surface area contributed by atoms with Crippen molar-refractivity contribution < 1.29 is 31.2 Å². The van der Waals surface area contributed by atoms with Crippen LogP contribution in [-0.4, -0.2) is 50.1 Å². The first kappa shape index (κ1) is 27.8. The predicted molar refractivity (Wildman–Crippen MR) is 128 cm³/mol. The van der Waals surface area contributed by atoms with Gasteiger partial charge < -0.3 is 16.4 Å². The van der Waals surface area contributed by atoms with Gasteiger partial charge >= 0.3 is 12.2 Å². The van der Waals surface area contributed by atoms with Crippen molar-refractivity contribution in [3.05, 3.63) is 63.7 Å². The molecule has 0 saturated carbocycles. The molecule has 0 aliphatic carbocycles. The molecule has 0 spiro atoms. The normalized spacial score (nSPS) is 16.6. The molecule has 1 atom stereocenters. The Bertz CT molecular complexity index is 1250. The number of carbonyl (C=O) groups is 2. The number of halogens is 4. The van der Waals surface area contributed by atoms with E-state index < -0.39 is 33.5 Å². The van der Waals surface area contributed by atoms with Gasteiger partial charge in [-0.15, -0.1) is 0 Å². The topological polar surface area (TPSA) is 122 Å². The number of urea groups is 1. The van der Waals surface area contributed by atoms with Crippen LogP contribution < -0.4 is 16.4 Å². The molecule has 0 bridgehead atoms. The third-order valence-corrected chi connectivity index (χ3v) is 7.93. The van der Waals surface area contributed by atoms with E-state index in [-0.39, 0.29) is 51.5 Å². The highest BCUT2D eigenvalue weighted by molar-refractivity contribution is 7.91. The van der Waals surface area contributed by atoms with Crippen LogP contribution in [0.4, 0.5) is 18.0 Å². The van der Waals surface area contributed by atoms with Gasteiger partial charge in [-0.3, -0.25) is 9.69 Å². The van der Waals surface area contributed by atoms with Crippen molar-refractivity contribution in [1.29, 1.82) is 0 Å². The highest BCUT2D eigenvalue weighted by Crippen LogP contribution is 2.34. The first-order valence-electron chi connectivity index (χ1n) is 11.1. The molecule has 1 aliphatic heterocycles. The monoisotopic (exact) mass is 546 g/mol. The molecule has 196 valence electrons. The molecular weight excluding hydrogens is 521 g/mol. The number of amides is 3. The summed E-state index contributed by atoms with van der Waals surface area (Å²) in [5, 5.41) is 5.29. The SMILES string of the molecule is CCS(=O)(=O)c1ccc(Cl)cc1CNC(=O)c1ccc(CN2CC[C@@H](NC(N)=O)C2)c(C(F)(F)F)c1. The third-order valence-electron chi connectivity index (χ3n) is 5.87. The second kappa shape index (κ2) is 11.1. The van der Waals surface area contributed by atoms with E-state index in [1.165, 1.54) is 37.3 Å². The molecule has 1 heterocycles. The standard InChI is InChI=1S/C23H26ClF3N4O4S/c1-2-36(34,35)20-6-5-17(24)9-16(20)11-29-21(32)14-3-4-15(19(10-14)23(25,26)27)12-31-8-7-18(13-31)30-22(28)33/h3-6,9-10,18H,2,7-8,11-13H2,1H3,(H,29,32)(H3,28,30,33)/t18-/m1/s1. The maximum atomic E-state index is 13.8. The lowest BCUT2D eigenvalue weighted by Gasteiger charge is -2.20. The first-order chi connectivity index (χ1) is 16.8. The van der Waals surface area contributed by atoms with Gasteiger partial charge in [0.1, 0.15) is 0 Å². The number of benzene rings is 2. The van der Waals surface area contributed by atoms with Crippen LogP contribution in [0.2, 0.25) is 5.02 Å². The Morgan fingerprint density at radius 1 is 1.17 bits per heavy atom. The summed E-state index contributed by atoms with van der Waals surface area (Å²) in [6.45, 7) is 2.05. The molecule has 1 fully saturated rings. The van der Waals surface area contributed by atoms with Gasteiger partial charge in [0.15, 0.2) is 9.84 Å². The van der Waals surface area contributed by atoms with Crippen LogP contribution in [0.1, 0.15) is 40.4 Å². The number of nitrogens with one attached hydrogen (secondary N) is 2. The van der Waals surface area contributed by atoms with Gasteiger partial charge in [-0.1, -0.05) is 24.6 Å². The molecule has 3 amide bonds. The number of hydrogen-bond acceptors (Lipinski definition) is 5. The van der Waals surface area contributed by atoms with Crippen LogP contribution in [0.3, 0.4) is 0 Å². The molecule has 1 saturated heterocycles. The molecule has 0 radical (unpaired) electrons. The van der Waals surface area contributed by atoms with Gasteiger partial charge in [-0.25, -0.2) is 13.2 Å². The minimum absolute atomic E-state index is 0.00392. The van der Waals surface area contributed by atoms with Crippen molar-refractivity contribution in [3.63, 3.8) is 0 Å². The Morgan fingerprint density at radius 2 is 1.89 bits per heavy atom. The molecule has 13 heteroatoms. The van der Waals surface area contributed by atoms with E-state index in [1.54, 1.807) is 4.90 Å². The van der Waals surface area contributed by atoms with Gasteiger partial charge in [0.2, 0.25) is 0 Å². The van der Waals surface area contributed by atoms with Gasteiger partial charge in [0, 0.05) is 42.8 Å². The van der Waals surface area contributed by atoms with Gasteiger partial charge in [-0.2, -0.15) is 13.2 Å². The zero-order valence-corrected chi connectivity index (χ0v) is 20.9. The first-order valence-corrected chi connectivity index (χ1v) is 13.1. The highest BCUT2D eigenvalue weighted by atomic mass is 35.5. The molecule has 3 rings (SSSR count). The largest absolute Gasteiger partial charge is 0.416 e. The van der Waals surface area contributed by atoms with Crippen molar-refractivity contribution in [2.45, 2.75) is 43.5 Å². The summed E-state index contributed by atoms with van der Waals surface area (Å²) in [4.78, 5) is 25.5. The maximum absolute atomic E-state index is 13.8. The summed E-state index contributed by atoms with van der Waals surface area (Å²) in [5.41, 5.74) is 4.17. The van der Waals surface area contributed by atoms with E-state index in [1.807, 2.05) is 0 Å². The van der Waals surface area contributed by atoms with E-state index in [4.69, 9.17) is 17.3 Å². The van der Waals surface area contributed by atoms with E-state index >= 15 is 0 Å². The predicted octanol–water partition coefficient (Wildman–Crippen LogP) is 3.33. The average molecular weight is 547 g/mol. The Morgan fingerprint density at radius 3 is 2.53 bits per heavy atom. The Balaban J connectivity index is 1.78. The molecule has 0 unspecified atom stereocenters. The number of nitrogens with two attached hydrogens (primary N) is 1. The number of hydrogen-bond donors (Lipinski definition) is 3. The van der Waals surface area contributed by atoms with Crippen LogP contribution in [0.15, 0.2) is 41.3 Å². The zero-order valence-electron chi connectivity index (χ0n) is 19.4. The second-order valence-corrected chi connectivity index (χ2v) is 11.1. The molecular formula is C23H26ClF3N4O4S. The average Bonchev–Trinajstić information content (AvgIpc) is 3.22. The lowest BCUT2D eigenvalue weighted by molar-refractivity contribution is -0.138. The Kier molecular flexibility index (Phi) is 8.52. The second-order valence-electron chi connectivity index (χ2n) is 8.44. The number of carbonyl (C=O) groups excluding carboxylic acids is 2. The molecule has 0 aromatic heterocycles. The fourth-order valence-corrected chi connectivity index (χ4v) is 5.39. The fraction of sp³-hybridized carbons (Fsp3) is 0.391. The number of likely N-dealkylation sites (tertiary alicyclic amines) is 1. The van der Waals surface area contributed by atoms with Crippen molar-refractivity contribution in [1.82, 2.24) is 15.5 Å². The number of primary amides is 1. The molecule has 36 heavy (non-hydrogen) atoms. The van der Waals surface area contributed by atoms with Crippen LogP contribution in [-0.2, 0) is 29.1 Å². The van der Waals surface area contributed by atoms with E-state index in [2.05, 4.69) is 10.6 Å². The molecule has 2 aromatic rings. The molecule has 4 N–H and O–H groups in total. The third kappa shape index (κ3) is 6.89. The smallest absolute Gasteiger partial charge is 0.352 e. The van der Waals surface area contributed by atoms with Crippen LogP contribution >= 0.6 is 11.6 Å². The lowest BCUT2D eigenvalue weighted by Crippen LogP contribution is -2.40. The molecule has 8 nitrogen and oxygen atoms in total. The summed E-state index contributed by atoms with van der Waals surface area (Å²) < 4.78 is 66.2. The van der Waals surface area contributed by atoms with E-state index in [0.717, 1.165) is 6.07 Å². The van der Waals surface area contributed by atoms with Crippen LogP contribution in [0.25, 0.3) is 0 Å². The summed E-state index contributed by atoms with van der Waals surface area (Å²) in [7, 11) is -3.61. The minimum atomic E-state index is -4.70. The lowest BCUT2D eigenvalue weighted by atomic mass is 10.0. The van der Waals surface area contributed by atoms with Crippen molar-refractivity contribution in [2.75, 3.05) is 18.8 Å². The van der Waals surface area contributed by atoms with Crippen molar-refractivity contribution >= 4 is 33.4 Å². The molecule has 2 aromatic carbocycles. The summed E-state index contributed by atoms with van der Waals surface area (Å²) in [6, 6.07) is 6.53. The number of alkyl halides is 3. The number of nitrogens with zero attached hydrogens (tertiary/aromatic N) is 1.